The second-order valence-corrected chi connectivity index (χ2v) is 4.94. The number of aromatic nitrogens is 1. The van der Waals surface area contributed by atoms with Gasteiger partial charge < -0.3 is 4.42 Å². The maximum absolute atomic E-state index is 12.4. The van der Waals surface area contributed by atoms with Crippen molar-refractivity contribution in [2.45, 2.75) is 0 Å². The van der Waals surface area contributed by atoms with Crippen molar-refractivity contribution < 1.29 is 4.42 Å². The number of halogens is 2. The Morgan fingerprint density at radius 1 is 1.00 bits per heavy atom. The first-order valence-electron chi connectivity index (χ1n) is 5.68. The molecule has 0 fully saturated rings. The van der Waals surface area contributed by atoms with Crippen LogP contribution in [0.1, 0.15) is 0 Å². The van der Waals surface area contributed by atoms with Crippen LogP contribution in [-0.2, 0) is 0 Å². The van der Waals surface area contributed by atoms with Crippen LogP contribution in [0.25, 0.3) is 16.7 Å². The molecule has 100 valence electrons. The van der Waals surface area contributed by atoms with E-state index >= 15 is 0 Å². The Morgan fingerprint density at radius 2 is 1.75 bits per heavy atom. The van der Waals surface area contributed by atoms with Gasteiger partial charge in [-0.15, -0.1) is 0 Å². The minimum atomic E-state index is -0.794. The lowest BCUT2D eigenvalue weighted by Crippen LogP contribution is -2.31. The first kappa shape index (κ1) is 13.0. The normalized spacial score (nSPS) is 10.9. The molecule has 3 rings (SSSR count). The third-order valence-electron chi connectivity index (χ3n) is 2.85. The molecule has 0 saturated heterocycles. The zero-order valence-electron chi connectivity index (χ0n) is 9.97. The number of benzene rings is 2. The van der Waals surface area contributed by atoms with E-state index in [9.17, 15) is 9.59 Å². The number of hydrogen-bond donors (Lipinski definition) is 0. The molecule has 0 bridgehead atoms. The van der Waals surface area contributed by atoms with Gasteiger partial charge in [0.1, 0.15) is 5.58 Å². The fraction of sp³-hybridized carbons (Fsp3) is 0. The molecular formula is C14H7Cl2NO3. The van der Waals surface area contributed by atoms with Gasteiger partial charge >= 0.3 is 5.76 Å². The minimum Gasteiger partial charge on any atom is -0.409 e. The van der Waals surface area contributed by atoms with Crippen molar-refractivity contribution in [1.29, 1.82) is 0 Å². The largest absolute Gasteiger partial charge is 0.427 e. The van der Waals surface area contributed by atoms with Crippen LogP contribution in [0.15, 0.2) is 56.5 Å². The molecule has 3 aromatic rings. The van der Waals surface area contributed by atoms with Gasteiger partial charge in [0, 0.05) is 5.02 Å². The van der Waals surface area contributed by atoms with Gasteiger partial charge in [-0.25, -0.2) is 9.36 Å². The average Bonchev–Trinajstić information content (AvgIpc) is 2.41. The Kier molecular flexibility index (Phi) is 3.12. The minimum absolute atomic E-state index is 0.196. The lowest BCUT2D eigenvalue weighted by molar-refractivity contribution is 0.504. The van der Waals surface area contributed by atoms with Crippen molar-refractivity contribution >= 4 is 34.2 Å². The Balaban J connectivity index is 2.43. The molecule has 0 amide bonds. The van der Waals surface area contributed by atoms with Crippen molar-refractivity contribution in [3.05, 3.63) is 73.4 Å². The fourth-order valence-corrected chi connectivity index (χ4v) is 2.44. The fourth-order valence-electron chi connectivity index (χ4n) is 1.95. The molecule has 0 spiro atoms. The Labute approximate surface area is 122 Å². The molecule has 1 aromatic heterocycles. The quantitative estimate of drug-likeness (QED) is 0.693. The van der Waals surface area contributed by atoms with E-state index < -0.39 is 11.3 Å². The molecule has 2 aromatic carbocycles. The summed E-state index contributed by atoms with van der Waals surface area (Å²) in [4.78, 5) is 24.4. The Bertz CT molecular complexity index is 928. The van der Waals surface area contributed by atoms with Crippen LogP contribution >= 0.6 is 23.2 Å². The van der Waals surface area contributed by atoms with Crippen molar-refractivity contribution in [2.24, 2.45) is 0 Å². The van der Waals surface area contributed by atoms with Crippen molar-refractivity contribution in [3.63, 3.8) is 0 Å². The maximum Gasteiger partial charge on any atom is 0.427 e. The van der Waals surface area contributed by atoms with Gasteiger partial charge in [0.2, 0.25) is 0 Å². The van der Waals surface area contributed by atoms with Gasteiger partial charge in [-0.3, -0.25) is 4.79 Å². The molecule has 0 aliphatic rings. The molecule has 0 aliphatic heterocycles. The maximum atomic E-state index is 12.4. The van der Waals surface area contributed by atoms with E-state index in [4.69, 9.17) is 27.6 Å². The van der Waals surface area contributed by atoms with E-state index in [1.807, 2.05) is 0 Å². The highest BCUT2D eigenvalue weighted by Gasteiger charge is 2.13. The predicted molar refractivity (Wildman–Crippen MR) is 78.1 cm³/mol. The predicted octanol–water partition coefficient (Wildman–Crippen LogP) is 3.25. The molecule has 0 radical (unpaired) electrons. The van der Waals surface area contributed by atoms with Crippen LogP contribution < -0.4 is 11.3 Å². The molecule has 0 saturated carbocycles. The molecule has 0 N–H and O–H groups in total. The zero-order chi connectivity index (χ0) is 14.3. The third kappa shape index (κ3) is 2.03. The van der Waals surface area contributed by atoms with Crippen molar-refractivity contribution in [1.82, 2.24) is 4.57 Å². The van der Waals surface area contributed by atoms with Gasteiger partial charge in [0.15, 0.2) is 0 Å². The van der Waals surface area contributed by atoms with E-state index in [1.54, 1.807) is 30.3 Å². The van der Waals surface area contributed by atoms with E-state index in [1.165, 1.54) is 12.1 Å². The van der Waals surface area contributed by atoms with Crippen LogP contribution in [0.2, 0.25) is 10.0 Å². The number of rotatable bonds is 1. The zero-order valence-corrected chi connectivity index (χ0v) is 11.5. The first-order valence-corrected chi connectivity index (χ1v) is 6.44. The standard InChI is InChI=1S/C14H7Cl2NO3/c15-8-5-6-11(10(16)7-8)17-13(18)9-3-1-2-4-12(9)20-14(17)19/h1-7H. The van der Waals surface area contributed by atoms with Crippen LogP contribution in [0.4, 0.5) is 0 Å². The lowest BCUT2D eigenvalue weighted by Gasteiger charge is -2.07. The molecule has 0 unspecified atom stereocenters. The van der Waals surface area contributed by atoms with E-state index in [2.05, 4.69) is 0 Å². The van der Waals surface area contributed by atoms with E-state index in [0.717, 1.165) is 4.57 Å². The molecular weight excluding hydrogens is 301 g/mol. The van der Waals surface area contributed by atoms with Gasteiger partial charge in [0.25, 0.3) is 5.56 Å². The number of nitrogens with zero attached hydrogens (tertiary/aromatic N) is 1. The summed E-state index contributed by atoms with van der Waals surface area (Å²) < 4.78 is 6.02. The highest BCUT2D eigenvalue weighted by Crippen LogP contribution is 2.23. The number of para-hydroxylation sites is 1. The summed E-state index contributed by atoms with van der Waals surface area (Å²) in [6.07, 6.45) is 0. The summed E-state index contributed by atoms with van der Waals surface area (Å²) in [6, 6.07) is 11.0. The average molecular weight is 308 g/mol. The van der Waals surface area contributed by atoms with Crippen molar-refractivity contribution in [3.8, 4) is 5.69 Å². The molecule has 20 heavy (non-hydrogen) atoms. The molecule has 4 nitrogen and oxygen atoms in total. The molecule has 1 heterocycles. The van der Waals surface area contributed by atoms with Crippen LogP contribution in [0, 0.1) is 0 Å². The van der Waals surface area contributed by atoms with Crippen molar-refractivity contribution in [2.75, 3.05) is 0 Å². The summed E-state index contributed by atoms with van der Waals surface area (Å²) in [5.74, 6) is -0.794. The summed E-state index contributed by atoms with van der Waals surface area (Å²) in [7, 11) is 0. The van der Waals surface area contributed by atoms with Gasteiger partial charge in [-0.05, 0) is 30.3 Å². The number of hydrogen-bond acceptors (Lipinski definition) is 3. The van der Waals surface area contributed by atoms with Crippen LogP contribution in [0.5, 0.6) is 0 Å². The Morgan fingerprint density at radius 3 is 2.50 bits per heavy atom. The monoisotopic (exact) mass is 307 g/mol. The summed E-state index contributed by atoms with van der Waals surface area (Å²) in [5.41, 5.74) is -0.00882. The lowest BCUT2D eigenvalue weighted by atomic mass is 10.2. The topological polar surface area (TPSA) is 52.2 Å². The summed E-state index contributed by atoms with van der Waals surface area (Å²) >= 11 is 11.8. The molecule has 6 heteroatoms. The number of fused-ring (bicyclic) bond motifs is 1. The highest BCUT2D eigenvalue weighted by atomic mass is 35.5. The van der Waals surface area contributed by atoms with Gasteiger partial charge in [-0.2, -0.15) is 0 Å². The summed E-state index contributed by atoms with van der Waals surface area (Å²) in [5, 5.41) is 0.914. The SMILES string of the molecule is O=c1oc2ccccc2c(=O)n1-c1ccc(Cl)cc1Cl. The van der Waals surface area contributed by atoms with Gasteiger partial charge in [0.05, 0.1) is 16.1 Å². The highest BCUT2D eigenvalue weighted by molar-refractivity contribution is 6.35. The van der Waals surface area contributed by atoms with Crippen LogP contribution in [-0.4, -0.2) is 4.57 Å². The van der Waals surface area contributed by atoms with Gasteiger partial charge in [-0.1, -0.05) is 35.3 Å². The second kappa shape index (κ2) is 4.81. The second-order valence-electron chi connectivity index (χ2n) is 4.10. The van der Waals surface area contributed by atoms with E-state index in [-0.39, 0.29) is 16.3 Å². The van der Waals surface area contributed by atoms with E-state index in [0.29, 0.717) is 10.4 Å². The smallest absolute Gasteiger partial charge is 0.409 e. The molecule has 0 atom stereocenters. The third-order valence-corrected chi connectivity index (χ3v) is 3.39. The molecule has 0 aliphatic carbocycles. The van der Waals surface area contributed by atoms with Crippen LogP contribution in [0.3, 0.4) is 0 Å². The Hall–Kier alpha value is -2.04. The summed E-state index contributed by atoms with van der Waals surface area (Å²) in [6.45, 7) is 0. The first-order chi connectivity index (χ1) is 9.58.